The number of unbranched alkanes of at least 4 members (excludes halogenated alkanes) is 1. The summed E-state index contributed by atoms with van der Waals surface area (Å²) in [6.45, 7) is 2.63. The smallest absolute Gasteiger partial charge is 0.494 e. The third-order valence-electron chi connectivity index (χ3n) is 4.64. The Kier molecular flexibility index (Phi) is 6.66. The molecule has 1 aliphatic heterocycles. The molecule has 1 atom stereocenters. The van der Waals surface area contributed by atoms with Crippen molar-refractivity contribution in [2.45, 2.75) is 38.8 Å². The number of rotatable bonds is 6. The minimum absolute atomic E-state index is 0.0573. The molecule has 0 unspecified atom stereocenters. The Morgan fingerprint density at radius 3 is 2.33 bits per heavy atom. The van der Waals surface area contributed by atoms with E-state index >= 15 is 0 Å². The van der Waals surface area contributed by atoms with Crippen LogP contribution in [0.1, 0.15) is 31.7 Å². The van der Waals surface area contributed by atoms with E-state index in [2.05, 4.69) is 6.92 Å². The number of carbonyl (C=O) groups is 2. The second-order valence-electron chi connectivity index (χ2n) is 6.72. The van der Waals surface area contributed by atoms with Gasteiger partial charge in [0.25, 0.3) is 0 Å². The molecular formula is C21H24BNO4. The van der Waals surface area contributed by atoms with Crippen molar-refractivity contribution in [3.8, 4) is 0 Å². The predicted molar refractivity (Wildman–Crippen MR) is 104 cm³/mol. The number of carbonyl (C=O) groups excluding carboxylic acids is 2. The molecular weight excluding hydrogens is 341 g/mol. The molecule has 0 aliphatic carbocycles. The van der Waals surface area contributed by atoms with Gasteiger partial charge in [0.15, 0.2) is 0 Å². The Morgan fingerprint density at radius 1 is 1.00 bits per heavy atom. The summed E-state index contributed by atoms with van der Waals surface area (Å²) >= 11 is 0. The van der Waals surface area contributed by atoms with E-state index in [1.807, 2.05) is 53.4 Å². The standard InChI is InChI=1S/C21H24BNO4/c1-2-3-14-19-21(25)27-22(18-12-8-5-9-13-18)26-20(24)16-23(19)15-17-10-6-4-7-11-17/h4-13,19H,2-3,14-16H2,1H3/t19-/m0/s1. The minimum Gasteiger partial charge on any atom is -0.494 e. The van der Waals surface area contributed by atoms with E-state index in [4.69, 9.17) is 9.31 Å². The summed E-state index contributed by atoms with van der Waals surface area (Å²) < 4.78 is 11.0. The molecule has 0 aromatic heterocycles. The lowest BCUT2D eigenvalue weighted by Crippen LogP contribution is -2.53. The summed E-state index contributed by atoms with van der Waals surface area (Å²) in [4.78, 5) is 27.3. The zero-order valence-corrected chi connectivity index (χ0v) is 15.5. The second-order valence-corrected chi connectivity index (χ2v) is 6.72. The highest BCUT2D eigenvalue weighted by Crippen LogP contribution is 2.18. The van der Waals surface area contributed by atoms with Gasteiger partial charge in [0.1, 0.15) is 6.04 Å². The zero-order valence-electron chi connectivity index (χ0n) is 15.5. The van der Waals surface area contributed by atoms with Crippen molar-refractivity contribution in [1.29, 1.82) is 0 Å². The molecule has 6 heteroatoms. The fourth-order valence-corrected chi connectivity index (χ4v) is 3.22. The molecule has 0 radical (unpaired) electrons. The number of benzene rings is 2. The average Bonchev–Trinajstić information content (AvgIpc) is 2.68. The molecule has 1 aliphatic rings. The summed E-state index contributed by atoms with van der Waals surface area (Å²) in [6.07, 6.45) is 2.50. The van der Waals surface area contributed by atoms with Crippen LogP contribution in [-0.4, -0.2) is 36.5 Å². The van der Waals surface area contributed by atoms with Gasteiger partial charge in [0, 0.05) is 12.0 Å². The average molecular weight is 365 g/mol. The monoisotopic (exact) mass is 365 g/mol. The molecule has 0 saturated carbocycles. The van der Waals surface area contributed by atoms with Crippen LogP contribution in [0.15, 0.2) is 60.7 Å². The van der Waals surface area contributed by atoms with Crippen LogP contribution < -0.4 is 5.46 Å². The van der Waals surface area contributed by atoms with Crippen molar-refractivity contribution in [3.05, 3.63) is 66.2 Å². The van der Waals surface area contributed by atoms with Crippen molar-refractivity contribution >= 4 is 24.5 Å². The van der Waals surface area contributed by atoms with Crippen LogP contribution >= 0.6 is 0 Å². The van der Waals surface area contributed by atoms with Crippen molar-refractivity contribution in [3.63, 3.8) is 0 Å². The molecule has 140 valence electrons. The molecule has 5 nitrogen and oxygen atoms in total. The lowest BCUT2D eigenvalue weighted by molar-refractivity contribution is -0.151. The third kappa shape index (κ3) is 5.20. The minimum atomic E-state index is -0.991. The van der Waals surface area contributed by atoms with Crippen LogP contribution in [0.4, 0.5) is 0 Å². The first-order valence-electron chi connectivity index (χ1n) is 9.40. The highest BCUT2D eigenvalue weighted by atomic mass is 16.6. The van der Waals surface area contributed by atoms with Crippen molar-refractivity contribution in [1.82, 2.24) is 4.90 Å². The van der Waals surface area contributed by atoms with Crippen molar-refractivity contribution in [2.24, 2.45) is 0 Å². The maximum atomic E-state index is 12.9. The van der Waals surface area contributed by atoms with E-state index in [-0.39, 0.29) is 12.5 Å². The Labute approximate surface area is 160 Å². The van der Waals surface area contributed by atoms with E-state index < -0.39 is 19.1 Å². The summed E-state index contributed by atoms with van der Waals surface area (Å²) in [5.74, 6) is -0.741. The maximum Gasteiger partial charge on any atom is 0.636 e. The van der Waals surface area contributed by atoms with Gasteiger partial charge in [-0.15, -0.1) is 0 Å². The van der Waals surface area contributed by atoms with Gasteiger partial charge in [0.2, 0.25) is 0 Å². The van der Waals surface area contributed by atoms with Gasteiger partial charge in [-0.3, -0.25) is 14.5 Å². The summed E-state index contributed by atoms with van der Waals surface area (Å²) in [5, 5.41) is 0. The van der Waals surface area contributed by atoms with E-state index in [9.17, 15) is 9.59 Å². The third-order valence-corrected chi connectivity index (χ3v) is 4.64. The van der Waals surface area contributed by atoms with Gasteiger partial charge in [0.05, 0.1) is 6.54 Å². The molecule has 0 amide bonds. The van der Waals surface area contributed by atoms with E-state index in [1.54, 1.807) is 12.1 Å². The molecule has 2 aromatic rings. The van der Waals surface area contributed by atoms with Gasteiger partial charge in [-0.05, 0) is 12.0 Å². The van der Waals surface area contributed by atoms with Crippen LogP contribution in [0.2, 0.25) is 0 Å². The fourth-order valence-electron chi connectivity index (χ4n) is 3.22. The fraction of sp³-hybridized carbons (Fsp3) is 0.333. The van der Waals surface area contributed by atoms with Crippen LogP contribution in [0.5, 0.6) is 0 Å². The van der Waals surface area contributed by atoms with Gasteiger partial charge in [-0.2, -0.15) is 0 Å². The van der Waals surface area contributed by atoms with Gasteiger partial charge in [-0.1, -0.05) is 80.4 Å². The first kappa shape index (κ1) is 19.2. The Balaban J connectivity index is 1.82. The Morgan fingerprint density at radius 2 is 1.67 bits per heavy atom. The van der Waals surface area contributed by atoms with Crippen molar-refractivity contribution < 1.29 is 18.9 Å². The normalized spacial score (nSPS) is 18.4. The van der Waals surface area contributed by atoms with Crippen LogP contribution in [0.25, 0.3) is 0 Å². The summed E-state index contributed by atoms with van der Waals surface area (Å²) in [5.41, 5.74) is 1.70. The number of hydrogen-bond acceptors (Lipinski definition) is 5. The maximum absolute atomic E-state index is 12.9. The van der Waals surface area contributed by atoms with Gasteiger partial charge < -0.3 is 9.31 Å². The molecule has 1 saturated heterocycles. The largest absolute Gasteiger partial charge is 0.636 e. The zero-order chi connectivity index (χ0) is 19.1. The Bertz CT molecular complexity index is 753. The molecule has 1 fully saturated rings. The molecule has 0 spiro atoms. The lowest BCUT2D eigenvalue weighted by Gasteiger charge is -2.33. The molecule has 1 heterocycles. The van der Waals surface area contributed by atoms with E-state index in [0.29, 0.717) is 18.4 Å². The van der Waals surface area contributed by atoms with Crippen molar-refractivity contribution in [2.75, 3.05) is 6.54 Å². The predicted octanol–water partition coefficient (Wildman–Crippen LogP) is 2.54. The van der Waals surface area contributed by atoms with Gasteiger partial charge >= 0.3 is 19.1 Å². The molecule has 0 bridgehead atoms. The molecule has 27 heavy (non-hydrogen) atoms. The van der Waals surface area contributed by atoms with Crippen LogP contribution in [0.3, 0.4) is 0 Å². The first-order valence-corrected chi connectivity index (χ1v) is 9.40. The first-order chi connectivity index (χ1) is 13.2. The van der Waals surface area contributed by atoms with E-state index in [1.165, 1.54) is 0 Å². The number of nitrogens with zero attached hydrogens (tertiary/aromatic N) is 1. The number of hydrogen-bond donors (Lipinski definition) is 0. The van der Waals surface area contributed by atoms with Gasteiger partial charge in [-0.25, -0.2) is 0 Å². The lowest BCUT2D eigenvalue weighted by atomic mass is 9.78. The Hall–Kier alpha value is -2.60. The van der Waals surface area contributed by atoms with E-state index in [0.717, 1.165) is 18.4 Å². The quantitative estimate of drug-likeness (QED) is 0.737. The molecule has 0 N–H and O–H groups in total. The van der Waals surface area contributed by atoms with Crippen LogP contribution in [-0.2, 0) is 25.4 Å². The SMILES string of the molecule is CCCC[C@H]1C(=O)OB(c2ccccc2)OC(=O)CN1Cc1ccccc1. The molecule has 2 aromatic carbocycles. The summed E-state index contributed by atoms with van der Waals surface area (Å²) in [6, 6.07) is 18.4. The highest BCUT2D eigenvalue weighted by molar-refractivity contribution is 6.64. The topological polar surface area (TPSA) is 55.8 Å². The van der Waals surface area contributed by atoms with Crippen LogP contribution in [0, 0.1) is 0 Å². The molecule has 3 rings (SSSR count). The second kappa shape index (κ2) is 9.37. The summed E-state index contributed by atoms with van der Waals surface area (Å²) in [7, 11) is -0.991. The highest BCUT2D eigenvalue weighted by Gasteiger charge is 2.39.